The Bertz CT molecular complexity index is 896. The van der Waals surface area contributed by atoms with Crippen molar-refractivity contribution in [3.63, 3.8) is 0 Å². The molecule has 3 heterocycles. The van der Waals surface area contributed by atoms with Crippen LogP contribution in [-0.2, 0) is 16.6 Å². The van der Waals surface area contributed by atoms with Gasteiger partial charge in [-0.05, 0) is 6.92 Å². The SMILES string of the molecule is Cc1nc(CN(C)S(=O)(=O)c2c(Cl)nc3sccn23)cs1. The number of thiazole rings is 2. The summed E-state index contributed by atoms with van der Waals surface area (Å²) in [6.07, 6.45) is 1.65. The first-order valence-electron chi connectivity index (χ1n) is 5.88. The minimum absolute atomic E-state index is 0.00475. The number of rotatable bonds is 4. The van der Waals surface area contributed by atoms with Crippen LogP contribution in [0.15, 0.2) is 22.0 Å². The number of fused-ring (bicyclic) bond motifs is 1. The molecular weight excluding hydrogens is 352 g/mol. The molecule has 21 heavy (non-hydrogen) atoms. The van der Waals surface area contributed by atoms with Crippen molar-refractivity contribution in [1.29, 1.82) is 0 Å². The molecule has 0 aliphatic heterocycles. The van der Waals surface area contributed by atoms with Gasteiger partial charge < -0.3 is 0 Å². The molecule has 10 heteroatoms. The third-order valence-electron chi connectivity index (χ3n) is 2.88. The summed E-state index contributed by atoms with van der Waals surface area (Å²) in [6.45, 7) is 2.08. The van der Waals surface area contributed by atoms with Crippen molar-refractivity contribution in [1.82, 2.24) is 18.7 Å². The molecule has 0 radical (unpaired) electrons. The highest BCUT2D eigenvalue weighted by molar-refractivity contribution is 7.89. The van der Waals surface area contributed by atoms with Crippen LogP contribution >= 0.6 is 34.3 Å². The fourth-order valence-corrected chi connectivity index (χ4v) is 5.05. The van der Waals surface area contributed by atoms with E-state index < -0.39 is 10.0 Å². The van der Waals surface area contributed by atoms with Crippen molar-refractivity contribution in [2.45, 2.75) is 18.5 Å². The molecule has 112 valence electrons. The van der Waals surface area contributed by atoms with Crippen LogP contribution in [0.5, 0.6) is 0 Å². The molecule has 6 nitrogen and oxygen atoms in total. The number of halogens is 1. The zero-order chi connectivity index (χ0) is 15.2. The first-order valence-corrected chi connectivity index (χ1v) is 9.45. The van der Waals surface area contributed by atoms with Crippen molar-refractivity contribution in [3.05, 3.63) is 32.8 Å². The van der Waals surface area contributed by atoms with Crippen LogP contribution in [0.25, 0.3) is 4.96 Å². The molecule has 0 spiro atoms. The van der Waals surface area contributed by atoms with Gasteiger partial charge in [0.05, 0.1) is 17.2 Å². The van der Waals surface area contributed by atoms with Crippen LogP contribution in [0.4, 0.5) is 0 Å². The largest absolute Gasteiger partial charge is 0.279 e. The molecule has 0 aromatic carbocycles. The highest BCUT2D eigenvalue weighted by atomic mass is 35.5. The summed E-state index contributed by atoms with van der Waals surface area (Å²) < 4.78 is 28.1. The topological polar surface area (TPSA) is 67.6 Å². The van der Waals surface area contributed by atoms with Gasteiger partial charge in [0, 0.05) is 24.0 Å². The van der Waals surface area contributed by atoms with Gasteiger partial charge in [0.15, 0.2) is 15.1 Å². The Morgan fingerprint density at radius 1 is 1.38 bits per heavy atom. The van der Waals surface area contributed by atoms with Crippen molar-refractivity contribution in [2.24, 2.45) is 0 Å². The first kappa shape index (κ1) is 14.9. The van der Waals surface area contributed by atoms with E-state index in [-0.39, 0.29) is 16.7 Å². The molecule has 0 amide bonds. The summed E-state index contributed by atoms with van der Waals surface area (Å²) in [6, 6.07) is 0. The molecule has 0 saturated carbocycles. The molecule has 3 aromatic rings. The summed E-state index contributed by atoms with van der Waals surface area (Å²) in [5.74, 6) is 0. The van der Waals surface area contributed by atoms with E-state index in [0.29, 0.717) is 10.7 Å². The van der Waals surface area contributed by atoms with E-state index in [2.05, 4.69) is 9.97 Å². The van der Waals surface area contributed by atoms with Gasteiger partial charge >= 0.3 is 0 Å². The average Bonchev–Trinajstić information content (AvgIpc) is 3.05. The standard InChI is InChI=1S/C11H11ClN4O2S3/c1-7-13-8(6-20-7)5-15(2)21(17,18)10-9(12)14-11-16(10)3-4-19-11/h3-4,6H,5H2,1-2H3. The monoisotopic (exact) mass is 362 g/mol. The zero-order valence-electron chi connectivity index (χ0n) is 11.1. The Kier molecular flexibility index (Phi) is 3.78. The number of aromatic nitrogens is 3. The van der Waals surface area contributed by atoms with Gasteiger partial charge in [-0.25, -0.2) is 18.4 Å². The van der Waals surface area contributed by atoms with Crippen molar-refractivity contribution in [2.75, 3.05) is 7.05 Å². The Labute approximate surface area is 134 Å². The summed E-state index contributed by atoms with van der Waals surface area (Å²) in [5, 5.41) is 4.50. The van der Waals surface area contributed by atoms with E-state index in [4.69, 9.17) is 11.6 Å². The molecule has 0 bridgehead atoms. The van der Waals surface area contributed by atoms with Crippen LogP contribution in [0, 0.1) is 6.92 Å². The third-order valence-corrected chi connectivity index (χ3v) is 6.67. The lowest BCUT2D eigenvalue weighted by Gasteiger charge is -2.15. The number of hydrogen-bond donors (Lipinski definition) is 0. The number of hydrogen-bond acceptors (Lipinski definition) is 6. The lowest BCUT2D eigenvalue weighted by molar-refractivity contribution is 0.459. The van der Waals surface area contributed by atoms with Crippen LogP contribution in [-0.4, -0.2) is 34.1 Å². The fraction of sp³-hybridized carbons (Fsp3) is 0.273. The van der Waals surface area contributed by atoms with Gasteiger partial charge in [-0.3, -0.25) is 4.40 Å². The van der Waals surface area contributed by atoms with E-state index in [0.717, 1.165) is 5.01 Å². The summed E-state index contributed by atoms with van der Waals surface area (Å²) in [7, 11) is -2.23. The summed E-state index contributed by atoms with van der Waals surface area (Å²) >= 11 is 8.82. The first-order chi connectivity index (χ1) is 9.89. The van der Waals surface area contributed by atoms with Gasteiger partial charge in [0.25, 0.3) is 10.0 Å². The predicted octanol–water partition coefficient (Wildman–Crippen LogP) is 2.63. The lowest BCUT2D eigenvalue weighted by Crippen LogP contribution is -2.27. The molecule has 0 aliphatic carbocycles. The normalized spacial score (nSPS) is 12.6. The molecule has 0 unspecified atom stereocenters. The third kappa shape index (κ3) is 2.59. The smallest absolute Gasteiger partial charge is 0.262 e. The fourth-order valence-electron chi connectivity index (χ4n) is 1.91. The van der Waals surface area contributed by atoms with Gasteiger partial charge in [0.2, 0.25) is 0 Å². The number of sulfonamides is 1. The second kappa shape index (κ2) is 5.33. The Morgan fingerprint density at radius 3 is 2.81 bits per heavy atom. The highest BCUT2D eigenvalue weighted by Crippen LogP contribution is 2.28. The molecule has 0 atom stereocenters. The van der Waals surface area contributed by atoms with Crippen LogP contribution in [0.2, 0.25) is 5.15 Å². The number of aryl methyl sites for hydroxylation is 1. The second-order valence-corrected chi connectivity index (χ2v) is 8.64. The predicted molar refractivity (Wildman–Crippen MR) is 83.6 cm³/mol. The maximum Gasteiger partial charge on any atom is 0.262 e. The number of nitrogens with zero attached hydrogens (tertiary/aromatic N) is 4. The van der Waals surface area contributed by atoms with Crippen LogP contribution < -0.4 is 0 Å². The minimum Gasteiger partial charge on any atom is -0.279 e. The highest BCUT2D eigenvalue weighted by Gasteiger charge is 2.29. The molecule has 3 rings (SSSR count). The van der Waals surface area contributed by atoms with Gasteiger partial charge in [0.1, 0.15) is 0 Å². The summed E-state index contributed by atoms with van der Waals surface area (Å²) in [4.78, 5) is 8.89. The van der Waals surface area contributed by atoms with E-state index >= 15 is 0 Å². The van der Waals surface area contributed by atoms with Crippen molar-refractivity contribution >= 4 is 49.3 Å². The van der Waals surface area contributed by atoms with E-state index in [9.17, 15) is 8.42 Å². The van der Waals surface area contributed by atoms with Gasteiger partial charge in [-0.1, -0.05) is 11.6 Å². The Hall–Kier alpha value is -1.00. The van der Waals surface area contributed by atoms with Gasteiger partial charge in [-0.15, -0.1) is 22.7 Å². The lowest BCUT2D eigenvalue weighted by atomic mass is 10.5. The molecule has 0 fully saturated rings. The van der Waals surface area contributed by atoms with E-state index in [1.54, 1.807) is 11.6 Å². The van der Waals surface area contributed by atoms with E-state index in [1.165, 1.54) is 38.4 Å². The molecular formula is C11H11ClN4O2S3. The number of imidazole rings is 1. The van der Waals surface area contributed by atoms with Gasteiger partial charge in [-0.2, -0.15) is 4.31 Å². The molecule has 0 saturated heterocycles. The average molecular weight is 363 g/mol. The molecule has 3 aromatic heterocycles. The minimum atomic E-state index is -3.74. The van der Waals surface area contributed by atoms with E-state index in [1.807, 2.05) is 12.3 Å². The summed E-state index contributed by atoms with van der Waals surface area (Å²) in [5.41, 5.74) is 0.714. The maximum atomic E-state index is 12.7. The van der Waals surface area contributed by atoms with Crippen molar-refractivity contribution < 1.29 is 8.42 Å². The Morgan fingerprint density at radius 2 is 2.14 bits per heavy atom. The van der Waals surface area contributed by atoms with Crippen LogP contribution in [0.3, 0.4) is 0 Å². The zero-order valence-corrected chi connectivity index (χ0v) is 14.4. The van der Waals surface area contributed by atoms with Crippen molar-refractivity contribution in [3.8, 4) is 0 Å². The molecule has 0 N–H and O–H groups in total. The second-order valence-electron chi connectivity index (χ2n) is 4.38. The van der Waals surface area contributed by atoms with Crippen LogP contribution in [0.1, 0.15) is 10.7 Å². The maximum absolute atomic E-state index is 12.7. The Balaban J connectivity index is 1.99. The quantitative estimate of drug-likeness (QED) is 0.715. The molecule has 0 aliphatic rings.